The van der Waals surface area contributed by atoms with E-state index in [0.29, 0.717) is 6.04 Å². The molecule has 134 valence electrons. The Bertz CT molecular complexity index is 787. The fourth-order valence-corrected chi connectivity index (χ4v) is 5.96. The van der Waals surface area contributed by atoms with Gasteiger partial charge in [-0.05, 0) is 62.0 Å². The van der Waals surface area contributed by atoms with Gasteiger partial charge < -0.3 is 9.88 Å². The number of nitrogens with one attached hydrogen (secondary N) is 1. The molecule has 25 heavy (non-hydrogen) atoms. The van der Waals surface area contributed by atoms with Crippen LogP contribution in [0.4, 0.5) is 0 Å². The molecule has 1 aromatic carbocycles. The minimum absolute atomic E-state index is 0.0588. The first-order valence-corrected chi connectivity index (χ1v) is 10.2. The standard InChI is InChI=1S/C21H29N3O/c25-21-22-19-3-1-2-4-20(19)24(21)18-7-9-23(10-8-18)14-17-12-15-5-6-16(11-15)13-17/h1-4,15-18H,5-14H2,(H,22,25). The zero-order valence-corrected chi connectivity index (χ0v) is 15.0. The van der Waals surface area contributed by atoms with Crippen molar-refractivity contribution in [2.45, 2.75) is 51.0 Å². The normalized spacial score (nSPS) is 31.0. The number of hydrogen-bond donors (Lipinski definition) is 1. The second-order valence-electron chi connectivity index (χ2n) is 8.73. The van der Waals surface area contributed by atoms with Crippen molar-refractivity contribution in [3.05, 3.63) is 34.7 Å². The number of para-hydroxylation sites is 2. The molecule has 0 radical (unpaired) electrons. The Hall–Kier alpha value is -1.55. The van der Waals surface area contributed by atoms with Crippen LogP contribution in [0.1, 0.15) is 51.0 Å². The fraction of sp³-hybridized carbons (Fsp3) is 0.667. The maximum Gasteiger partial charge on any atom is 0.326 e. The van der Waals surface area contributed by atoms with E-state index >= 15 is 0 Å². The topological polar surface area (TPSA) is 41.0 Å². The van der Waals surface area contributed by atoms with Crippen molar-refractivity contribution >= 4 is 11.0 Å². The average Bonchev–Trinajstić information content (AvgIpc) is 3.14. The number of aromatic nitrogens is 2. The van der Waals surface area contributed by atoms with Gasteiger partial charge in [0.05, 0.1) is 11.0 Å². The monoisotopic (exact) mass is 339 g/mol. The van der Waals surface area contributed by atoms with Gasteiger partial charge in [-0.2, -0.15) is 0 Å². The van der Waals surface area contributed by atoms with Crippen molar-refractivity contribution in [2.24, 2.45) is 17.8 Å². The fourth-order valence-electron chi connectivity index (χ4n) is 5.96. The van der Waals surface area contributed by atoms with Crippen LogP contribution in [0.25, 0.3) is 11.0 Å². The molecular formula is C21H29N3O. The Labute approximate surface area is 149 Å². The number of imidazole rings is 1. The lowest BCUT2D eigenvalue weighted by molar-refractivity contribution is 0.132. The molecule has 2 heterocycles. The lowest BCUT2D eigenvalue weighted by atomic mass is 9.80. The van der Waals surface area contributed by atoms with E-state index in [4.69, 9.17) is 0 Å². The van der Waals surface area contributed by atoms with E-state index < -0.39 is 0 Å². The molecule has 0 spiro atoms. The van der Waals surface area contributed by atoms with Gasteiger partial charge in [0, 0.05) is 25.7 Å². The van der Waals surface area contributed by atoms with Gasteiger partial charge in [-0.15, -0.1) is 0 Å². The first-order chi connectivity index (χ1) is 12.3. The Balaban J connectivity index is 1.24. The largest absolute Gasteiger partial charge is 0.326 e. The number of likely N-dealkylation sites (tertiary alicyclic amines) is 1. The minimum atomic E-state index is 0.0588. The summed E-state index contributed by atoms with van der Waals surface area (Å²) in [5.74, 6) is 3.00. The molecule has 2 atom stereocenters. The lowest BCUT2D eigenvalue weighted by Crippen LogP contribution is -2.40. The number of rotatable bonds is 3. The van der Waals surface area contributed by atoms with Crippen molar-refractivity contribution in [1.82, 2.24) is 14.5 Å². The quantitative estimate of drug-likeness (QED) is 0.924. The number of aromatic amines is 1. The SMILES string of the molecule is O=c1[nH]c2ccccc2n1C1CCN(CC2CC3CCC(C3)C2)CC1. The number of fused-ring (bicyclic) bond motifs is 3. The molecule has 4 nitrogen and oxygen atoms in total. The predicted molar refractivity (Wildman–Crippen MR) is 101 cm³/mol. The highest BCUT2D eigenvalue weighted by Gasteiger charge is 2.35. The third kappa shape index (κ3) is 2.95. The molecule has 1 N–H and O–H groups in total. The summed E-state index contributed by atoms with van der Waals surface area (Å²) in [4.78, 5) is 18.1. The van der Waals surface area contributed by atoms with E-state index in [1.54, 1.807) is 0 Å². The molecular weight excluding hydrogens is 310 g/mol. The molecule has 1 saturated heterocycles. The molecule has 2 bridgehead atoms. The van der Waals surface area contributed by atoms with E-state index in [1.165, 1.54) is 38.6 Å². The van der Waals surface area contributed by atoms with E-state index in [0.717, 1.165) is 54.7 Å². The third-order valence-corrected chi connectivity index (χ3v) is 7.05. The molecule has 2 aromatic rings. The zero-order chi connectivity index (χ0) is 16.8. The maximum absolute atomic E-state index is 12.4. The number of benzene rings is 1. The van der Waals surface area contributed by atoms with Crippen molar-refractivity contribution < 1.29 is 0 Å². The Morgan fingerprint density at radius 2 is 1.68 bits per heavy atom. The van der Waals surface area contributed by atoms with Crippen LogP contribution >= 0.6 is 0 Å². The van der Waals surface area contributed by atoms with E-state index in [9.17, 15) is 4.79 Å². The van der Waals surface area contributed by atoms with Crippen molar-refractivity contribution in [2.75, 3.05) is 19.6 Å². The van der Waals surface area contributed by atoms with E-state index in [2.05, 4.69) is 16.0 Å². The van der Waals surface area contributed by atoms with Crippen LogP contribution in [0.15, 0.2) is 29.1 Å². The molecule has 4 heteroatoms. The van der Waals surface area contributed by atoms with Crippen LogP contribution in [0.3, 0.4) is 0 Å². The first-order valence-electron chi connectivity index (χ1n) is 10.2. The number of hydrogen-bond acceptors (Lipinski definition) is 2. The highest BCUT2D eigenvalue weighted by atomic mass is 16.1. The maximum atomic E-state index is 12.4. The lowest BCUT2D eigenvalue weighted by Gasteiger charge is -2.37. The summed E-state index contributed by atoms with van der Waals surface area (Å²) in [7, 11) is 0. The summed E-state index contributed by atoms with van der Waals surface area (Å²) < 4.78 is 2.01. The van der Waals surface area contributed by atoms with Crippen LogP contribution in [0, 0.1) is 17.8 Å². The highest BCUT2D eigenvalue weighted by Crippen LogP contribution is 2.45. The first kappa shape index (κ1) is 15.7. The number of nitrogens with zero attached hydrogens (tertiary/aromatic N) is 2. The molecule has 1 aromatic heterocycles. The van der Waals surface area contributed by atoms with Gasteiger partial charge in [-0.3, -0.25) is 4.57 Å². The number of H-pyrrole nitrogens is 1. The highest BCUT2D eigenvalue weighted by molar-refractivity contribution is 5.75. The molecule has 0 amide bonds. The van der Waals surface area contributed by atoms with Gasteiger partial charge in [-0.1, -0.05) is 25.0 Å². The van der Waals surface area contributed by atoms with Crippen molar-refractivity contribution in [3.63, 3.8) is 0 Å². The molecule has 5 rings (SSSR count). The van der Waals surface area contributed by atoms with Gasteiger partial charge in [0.15, 0.2) is 0 Å². The number of piperidine rings is 1. The molecule has 3 aliphatic rings. The minimum Gasteiger partial charge on any atom is -0.306 e. The summed E-state index contributed by atoms with van der Waals surface area (Å²) in [5, 5.41) is 0. The summed E-state index contributed by atoms with van der Waals surface area (Å²) in [5.41, 5.74) is 2.09. The smallest absolute Gasteiger partial charge is 0.306 e. The van der Waals surface area contributed by atoms with Crippen LogP contribution in [-0.4, -0.2) is 34.1 Å². The Morgan fingerprint density at radius 3 is 2.44 bits per heavy atom. The Kier molecular flexibility index (Phi) is 3.96. The predicted octanol–water partition coefficient (Wildman–Crippen LogP) is 3.79. The van der Waals surface area contributed by atoms with Gasteiger partial charge in [0.25, 0.3) is 0 Å². The van der Waals surface area contributed by atoms with Crippen LogP contribution < -0.4 is 5.69 Å². The summed E-state index contributed by atoms with van der Waals surface area (Å²) >= 11 is 0. The summed E-state index contributed by atoms with van der Waals surface area (Å²) in [6.07, 6.45) is 9.64. The summed E-state index contributed by atoms with van der Waals surface area (Å²) in [6, 6.07) is 8.43. The zero-order valence-electron chi connectivity index (χ0n) is 15.0. The molecule has 2 aliphatic carbocycles. The third-order valence-electron chi connectivity index (χ3n) is 7.05. The summed E-state index contributed by atoms with van der Waals surface area (Å²) in [6.45, 7) is 3.58. The Morgan fingerprint density at radius 1 is 0.960 bits per heavy atom. The van der Waals surface area contributed by atoms with E-state index in [-0.39, 0.29) is 5.69 Å². The average molecular weight is 339 g/mol. The van der Waals surface area contributed by atoms with Crippen molar-refractivity contribution in [3.8, 4) is 0 Å². The second-order valence-corrected chi connectivity index (χ2v) is 8.73. The molecule has 2 unspecified atom stereocenters. The molecule has 3 fully saturated rings. The van der Waals surface area contributed by atoms with Crippen LogP contribution in [0.2, 0.25) is 0 Å². The van der Waals surface area contributed by atoms with Crippen LogP contribution in [0.5, 0.6) is 0 Å². The van der Waals surface area contributed by atoms with Crippen LogP contribution in [-0.2, 0) is 0 Å². The van der Waals surface area contributed by atoms with Crippen molar-refractivity contribution in [1.29, 1.82) is 0 Å². The van der Waals surface area contributed by atoms with Gasteiger partial charge in [-0.25, -0.2) is 4.79 Å². The second kappa shape index (κ2) is 6.31. The van der Waals surface area contributed by atoms with E-state index in [1.807, 2.05) is 22.8 Å². The van der Waals surface area contributed by atoms with Gasteiger partial charge in [0.2, 0.25) is 0 Å². The molecule has 1 aliphatic heterocycles. The molecule has 2 saturated carbocycles. The van der Waals surface area contributed by atoms with Gasteiger partial charge >= 0.3 is 5.69 Å². The van der Waals surface area contributed by atoms with Gasteiger partial charge in [0.1, 0.15) is 0 Å².